The predicted octanol–water partition coefficient (Wildman–Crippen LogP) is 3.66. The van der Waals surface area contributed by atoms with Crippen LogP contribution in [0.3, 0.4) is 0 Å². The first kappa shape index (κ1) is 15.0. The number of aromatic nitrogens is 1. The summed E-state index contributed by atoms with van der Waals surface area (Å²) in [5.41, 5.74) is 3.41. The highest BCUT2D eigenvalue weighted by atomic mass is 19.1. The molecule has 1 unspecified atom stereocenters. The number of carbonyl (C=O) groups excluding carboxylic acids is 1. The second-order valence-corrected chi connectivity index (χ2v) is 5.01. The number of amides is 1. The lowest BCUT2D eigenvalue weighted by Crippen LogP contribution is -2.10. The van der Waals surface area contributed by atoms with Crippen molar-refractivity contribution in [2.24, 2.45) is 0 Å². The fourth-order valence-corrected chi connectivity index (χ4v) is 2.04. The molecule has 21 heavy (non-hydrogen) atoms. The number of nitrogens with one attached hydrogen (secondary N) is 2. The van der Waals surface area contributed by atoms with Crippen molar-refractivity contribution in [3.05, 3.63) is 53.6 Å². The number of halogens is 1. The first-order valence-corrected chi connectivity index (χ1v) is 6.71. The molecule has 110 valence electrons. The summed E-state index contributed by atoms with van der Waals surface area (Å²) in [5.74, 6) is -0.475. The Morgan fingerprint density at radius 2 is 2.05 bits per heavy atom. The summed E-state index contributed by atoms with van der Waals surface area (Å²) in [6.45, 7) is 5.37. The van der Waals surface area contributed by atoms with E-state index in [1.54, 1.807) is 6.20 Å². The van der Waals surface area contributed by atoms with Crippen LogP contribution in [-0.2, 0) is 4.79 Å². The van der Waals surface area contributed by atoms with E-state index in [4.69, 9.17) is 0 Å². The molecule has 0 radical (unpaired) electrons. The van der Waals surface area contributed by atoms with E-state index in [9.17, 15) is 9.18 Å². The van der Waals surface area contributed by atoms with Gasteiger partial charge in [0.15, 0.2) is 0 Å². The minimum Gasteiger partial charge on any atom is -0.378 e. The summed E-state index contributed by atoms with van der Waals surface area (Å²) in [5, 5.41) is 6.05. The van der Waals surface area contributed by atoms with E-state index in [2.05, 4.69) is 15.6 Å². The first-order valence-electron chi connectivity index (χ1n) is 6.71. The van der Waals surface area contributed by atoms with Gasteiger partial charge in [-0.2, -0.15) is 0 Å². The van der Waals surface area contributed by atoms with E-state index in [0.717, 1.165) is 22.5 Å². The molecule has 5 heteroatoms. The zero-order valence-corrected chi connectivity index (χ0v) is 12.3. The molecule has 1 atom stereocenters. The Labute approximate surface area is 123 Å². The number of benzene rings is 1. The van der Waals surface area contributed by atoms with Crippen molar-refractivity contribution < 1.29 is 9.18 Å². The maximum Gasteiger partial charge on any atom is 0.221 e. The van der Waals surface area contributed by atoms with Crippen molar-refractivity contribution in [3.63, 3.8) is 0 Å². The van der Waals surface area contributed by atoms with Crippen LogP contribution in [-0.4, -0.2) is 10.9 Å². The topological polar surface area (TPSA) is 54.0 Å². The largest absolute Gasteiger partial charge is 0.378 e. The monoisotopic (exact) mass is 287 g/mol. The highest BCUT2D eigenvalue weighted by molar-refractivity contribution is 5.89. The zero-order chi connectivity index (χ0) is 15.4. The fraction of sp³-hybridized carbons (Fsp3) is 0.250. The van der Waals surface area contributed by atoms with Crippen LogP contribution in [0.25, 0.3) is 0 Å². The van der Waals surface area contributed by atoms with Gasteiger partial charge in [0.2, 0.25) is 5.91 Å². The van der Waals surface area contributed by atoms with Crippen LogP contribution in [0.4, 0.5) is 15.8 Å². The van der Waals surface area contributed by atoms with Crippen molar-refractivity contribution in [1.82, 2.24) is 4.98 Å². The van der Waals surface area contributed by atoms with Crippen molar-refractivity contribution in [2.75, 3.05) is 10.6 Å². The molecule has 0 saturated carbocycles. The molecule has 0 aliphatic rings. The third-order valence-electron chi connectivity index (χ3n) is 3.16. The molecule has 2 aromatic rings. The van der Waals surface area contributed by atoms with Crippen LogP contribution in [0.1, 0.15) is 31.0 Å². The predicted molar refractivity (Wildman–Crippen MR) is 81.7 cm³/mol. The Morgan fingerprint density at radius 3 is 2.71 bits per heavy atom. The zero-order valence-electron chi connectivity index (χ0n) is 12.3. The van der Waals surface area contributed by atoms with Gasteiger partial charge in [0.05, 0.1) is 12.2 Å². The van der Waals surface area contributed by atoms with Crippen LogP contribution >= 0.6 is 0 Å². The summed E-state index contributed by atoms with van der Waals surface area (Å²) < 4.78 is 13.2. The Hall–Kier alpha value is -2.43. The number of anilines is 2. The van der Waals surface area contributed by atoms with E-state index in [1.165, 1.54) is 19.2 Å². The minimum atomic E-state index is -0.357. The van der Waals surface area contributed by atoms with Gasteiger partial charge in [-0.05, 0) is 43.2 Å². The summed E-state index contributed by atoms with van der Waals surface area (Å²) in [4.78, 5) is 15.0. The molecule has 1 aromatic heterocycles. The average Bonchev–Trinajstić information content (AvgIpc) is 2.42. The van der Waals surface area contributed by atoms with Gasteiger partial charge >= 0.3 is 0 Å². The number of hydrogen-bond acceptors (Lipinski definition) is 3. The van der Waals surface area contributed by atoms with Crippen molar-refractivity contribution >= 4 is 17.3 Å². The number of hydrogen-bond donors (Lipinski definition) is 2. The van der Waals surface area contributed by atoms with Crippen molar-refractivity contribution in [2.45, 2.75) is 26.8 Å². The van der Waals surface area contributed by atoms with Crippen LogP contribution in [0.5, 0.6) is 0 Å². The standard InChI is InChI=1S/C16H18FN3O/c1-10-4-5-15(20-12(3)21)7-16(10)19-11(2)13-6-14(17)9-18-8-13/h4-9,11,19H,1-3H3,(H,20,21). The lowest BCUT2D eigenvalue weighted by atomic mass is 10.1. The second kappa shape index (κ2) is 6.35. The Balaban J connectivity index is 2.20. The highest BCUT2D eigenvalue weighted by Gasteiger charge is 2.09. The molecule has 2 N–H and O–H groups in total. The van der Waals surface area contributed by atoms with Gasteiger partial charge < -0.3 is 10.6 Å². The third-order valence-corrected chi connectivity index (χ3v) is 3.16. The summed E-state index contributed by atoms with van der Waals surface area (Å²) in [6.07, 6.45) is 2.81. The molecule has 0 aliphatic heterocycles. The first-order chi connectivity index (χ1) is 9.95. The van der Waals surface area contributed by atoms with Gasteiger partial charge in [-0.25, -0.2) is 4.39 Å². The van der Waals surface area contributed by atoms with Crippen LogP contribution < -0.4 is 10.6 Å². The van der Waals surface area contributed by atoms with Crippen molar-refractivity contribution in [1.29, 1.82) is 0 Å². The maximum absolute atomic E-state index is 13.2. The van der Waals surface area contributed by atoms with E-state index in [-0.39, 0.29) is 17.8 Å². The van der Waals surface area contributed by atoms with Gasteiger partial charge in [0, 0.05) is 24.5 Å². The molecule has 1 aromatic carbocycles. The lowest BCUT2D eigenvalue weighted by molar-refractivity contribution is -0.114. The molecule has 1 heterocycles. The number of pyridine rings is 1. The third kappa shape index (κ3) is 4.02. The number of aryl methyl sites for hydroxylation is 1. The Morgan fingerprint density at radius 1 is 1.29 bits per heavy atom. The van der Waals surface area contributed by atoms with Crippen molar-refractivity contribution in [3.8, 4) is 0 Å². The fourth-order valence-electron chi connectivity index (χ4n) is 2.04. The summed E-state index contributed by atoms with van der Waals surface area (Å²) in [6, 6.07) is 6.98. The van der Waals surface area contributed by atoms with E-state index in [1.807, 2.05) is 32.0 Å². The molecule has 0 saturated heterocycles. The van der Waals surface area contributed by atoms with Crippen LogP contribution in [0.15, 0.2) is 36.7 Å². The van der Waals surface area contributed by atoms with Gasteiger partial charge in [-0.15, -0.1) is 0 Å². The van der Waals surface area contributed by atoms with Gasteiger partial charge in [-0.3, -0.25) is 9.78 Å². The molecule has 0 spiro atoms. The van der Waals surface area contributed by atoms with Crippen LogP contribution in [0.2, 0.25) is 0 Å². The Kier molecular flexibility index (Phi) is 4.52. The molecule has 1 amide bonds. The molecular weight excluding hydrogens is 269 g/mol. The number of carbonyl (C=O) groups is 1. The highest BCUT2D eigenvalue weighted by Crippen LogP contribution is 2.25. The molecule has 0 fully saturated rings. The Bertz CT molecular complexity index is 658. The molecule has 0 bridgehead atoms. The van der Waals surface area contributed by atoms with E-state index in [0.29, 0.717) is 0 Å². The summed E-state index contributed by atoms with van der Waals surface area (Å²) >= 11 is 0. The van der Waals surface area contributed by atoms with Crippen LogP contribution in [0, 0.1) is 12.7 Å². The van der Waals surface area contributed by atoms with E-state index < -0.39 is 0 Å². The summed E-state index contributed by atoms with van der Waals surface area (Å²) in [7, 11) is 0. The minimum absolute atomic E-state index is 0.0977. The molecule has 2 rings (SSSR count). The number of rotatable bonds is 4. The van der Waals surface area contributed by atoms with Gasteiger partial charge in [-0.1, -0.05) is 6.07 Å². The maximum atomic E-state index is 13.2. The quantitative estimate of drug-likeness (QED) is 0.902. The second-order valence-electron chi connectivity index (χ2n) is 5.01. The lowest BCUT2D eigenvalue weighted by Gasteiger charge is -2.18. The normalized spacial score (nSPS) is 11.8. The SMILES string of the molecule is CC(=O)Nc1ccc(C)c(NC(C)c2cncc(F)c2)c1. The smallest absolute Gasteiger partial charge is 0.221 e. The average molecular weight is 287 g/mol. The number of nitrogens with zero attached hydrogens (tertiary/aromatic N) is 1. The molecule has 0 aliphatic carbocycles. The van der Waals surface area contributed by atoms with E-state index >= 15 is 0 Å². The van der Waals surface area contributed by atoms with Gasteiger partial charge in [0.1, 0.15) is 5.82 Å². The van der Waals surface area contributed by atoms with Gasteiger partial charge in [0.25, 0.3) is 0 Å². The molecule has 4 nitrogen and oxygen atoms in total. The molecular formula is C16H18FN3O.